The maximum Gasteiger partial charge on any atom is 0.213 e. The molecule has 28 heavy (non-hydrogen) atoms. The van der Waals surface area contributed by atoms with Crippen LogP contribution in [0.2, 0.25) is 0 Å². The minimum atomic E-state index is 0. The molecule has 2 heterocycles. The molecule has 2 aromatic heterocycles. The number of para-hydroxylation sites is 1. The van der Waals surface area contributed by atoms with Crippen molar-refractivity contribution < 1.29 is 4.74 Å². The van der Waals surface area contributed by atoms with Crippen molar-refractivity contribution in [1.29, 1.82) is 0 Å². The number of aromatic nitrogens is 2. The van der Waals surface area contributed by atoms with E-state index in [-0.39, 0.29) is 12.4 Å². The molecular weight excluding hydrogens is 370 g/mol. The fourth-order valence-electron chi connectivity index (χ4n) is 3.26. The molecule has 0 bridgehead atoms. The Morgan fingerprint density at radius 3 is 2.50 bits per heavy atom. The zero-order valence-corrected chi connectivity index (χ0v) is 16.4. The SMILES string of the molecule is Cl.c1ccc(Cn2cc(CNCCOc3ccccn3)c3ccccc32)cc1. The van der Waals surface area contributed by atoms with Crippen molar-refractivity contribution in [2.45, 2.75) is 13.1 Å². The molecule has 4 aromatic rings. The van der Waals surface area contributed by atoms with Gasteiger partial charge in [0.2, 0.25) is 5.88 Å². The number of ether oxygens (including phenoxy) is 1. The molecular formula is C23H24ClN3O. The highest BCUT2D eigenvalue weighted by Crippen LogP contribution is 2.22. The highest BCUT2D eigenvalue weighted by atomic mass is 35.5. The van der Waals surface area contributed by atoms with Crippen molar-refractivity contribution in [3.05, 3.63) is 96.3 Å². The van der Waals surface area contributed by atoms with E-state index in [9.17, 15) is 0 Å². The van der Waals surface area contributed by atoms with Gasteiger partial charge in [0.05, 0.1) is 0 Å². The number of nitrogens with zero attached hydrogens (tertiary/aromatic N) is 2. The Labute approximate surface area is 171 Å². The number of benzene rings is 2. The van der Waals surface area contributed by atoms with E-state index in [0.29, 0.717) is 12.5 Å². The van der Waals surface area contributed by atoms with Gasteiger partial charge in [-0.2, -0.15) is 0 Å². The smallest absolute Gasteiger partial charge is 0.213 e. The first kappa shape index (κ1) is 19.9. The third-order valence-electron chi connectivity index (χ3n) is 4.55. The van der Waals surface area contributed by atoms with Crippen molar-refractivity contribution in [3.8, 4) is 5.88 Å². The first-order chi connectivity index (χ1) is 13.4. The number of fused-ring (bicyclic) bond motifs is 1. The van der Waals surface area contributed by atoms with Crippen molar-refractivity contribution >= 4 is 23.3 Å². The number of hydrogen-bond acceptors (Lipinski definition) is 3. The normalized spacial score (nSPS) is 10.6. The number of halogens is 1. The summed E-state index contributed by atoms with van der Waals surface area (Å²) in [5.41, 5.74) is 3.88. The van der Waals surface area contributed by atoms with Crippen LogP contribution in [-0.2, 0) is 13.1 Å². The first-order valence-electron chi connectivity index (χ1n) is 9.25. The van der Waals surface area contributed by atoms with Crippen LogP contribution in [0.15, 0.2) is 85.2 Å². The molecule has 0 saturated carbocycles. The molecule has 4 rings (SSSR count). The van der Waals surface area contributed by atoms with Crippen LogP contribution >= 0.6 is 12.4 Å². The Balaban J connectivity index is 0.00000225. The van der Waals surface area contributed by atoms with Crippen molar-refractivity contribution in [1.82, 2.24) is 14.9 Å². The molecule has 0 amide bonds. The molecule has 144 valence electrons. The molecule has 5 heteroatoms. The molecule has 1 N–H and O–H groups in total. The van der Waals surface area contributed by atoms with Gasteiger partial charge in [-0.05, 0) is 23.3 Å². The molecule has 0 spiro atoms. The van der Waals surface area contributed by atoms with E-state index in [0.717, 1.165) is 19.6 Å². The van der Waals surface area contributed by atoms with E-state index in [4.69, 9.17) is 4.74 Å². The molecule has 0 aliphatic heterocycles. The summed E-state index contributed by atoms with van der Waals surface area (Å²) in [7, 11) is 0. The van der Waals surface area contributed by atoms with Gasteiger partial charge in [-0.1, -0.05) is 54.6 Å². The van der Waals surface area contributed by atoms with Gasteiger partial charge < -0.3 is 14.6 Å². The van der Waals surface area contributed by atoms with Crippen LogP contribution in [0.4, 0.5) is 0 Å². The van der Waals surface area contributed by atoms with Gasteiger partial charge in [0.1, 0.15) is 6.61 Å². The van der Waals surface area contributed by atoms with Gasteiger partial charge in [0, 0.05) is 49.0 Å². The molecule has 0 unspecified atom stereocenters. The number of rotatable bonds is 8. The number of hydrogen-bond donors (Lipinski definition) is 1. The second-order valence-corrected chi connectivity index (χ2v) is 6.48. The van der Waals surface area contributed by atoms with Gasteiger partial charge in [0.25, 0.3) is 0 Å². The monoisotopic (exact) mass is 393 g/mol. The number of pyridine rings is 1. The van der Waals surface area contributed by atoms with Crippen LogP contribution in [-0.4, -0.2) is 22.7 Å². The summed E-state index contributed by atoms with van der Waals surface area (Å²) in [6, 6.07) is 24.8. The summed E-state index contributed by atoms with van der Waals surface area (Å²) >= 11 is 0. The lowest BCUT2D eigenvalue weighted by atomic mass is 10.2. The summed E-state index contributed by atoms with van der Waals surface area (Å²) in [6.07, 6.45) is 3.99. The molecule has 4 nitrogen and oxygen atoms in total. The Bertz CT molecular complexity index is 987. The predicted octanol–water partition coefficient (Wildman–Crippen LogP) is 4.68. The number of nitrogens with one attached hydrogen (secondary N) is 1. The van der Waals surface area contributed by atoms with Gasteiger partial charge in [-0.3, -0.25) is 0 Å². The van der Waals surface area contributed by atoms with Crippen LogP contribution in [0.1, 0.15) is 11.1 Å². The molecule has 0 radical (unpaired) electrons. The quantitative estimate of drug-likeness (QED) is 0.442. The maximum atomic E-state index is 5.64. The molecule has 0 fully saturated rings. The Kier molecular flexibility index (Phi) is 7.06. The van der Waals surface area contributed by atoms with E-state index < -0.39 is 0 Å². The summed E-state index contributed by atoms with van der Waals surface area (Å²) in [6.45, 7) is 3.06. The fourth-order valence-corrected chi connectivity index (χ4v) is 3.26. The van der Waals surface area contributed by atoms with E-state index in [1.807, 2.05) is 18.2 Å². The van der Waals surface area contributed by atoms with E-state index in [1.54, 1.807) is 6.20 Å². The third kappa shape index (κ3) is 4.91. The first-order valence-corrected chi connectivity index (χ1v) is 9.25. The van der Waals surface area contributed by atoms with Gasteiger partial charge in [0.15, 0.2) is 0 Å². The van der Waals surface area contributed by atoms with Crippen LogP contribution in [0.3, 0.4) is 0 Å². The topological polar surface area (TPSA) is 39.1 Å². The average Bonchev–Trinajstić information content (AvgIpc) is 3.07. The van der Waals surface area contributed by atoms with E-state index in [2.05, 4.69) is 75.7 Å². The highest BCUT2D eigenvalue weighted by Gasteiger charge is 2.08. The maximum absolute atomic E-state index is 5.64. The summed E-state index contributed by atoms with van der Waals surface area (Å²) < 4.78 is 7.96. The van der Waals surface area contributed by atoms with E-state index >= 15 is 0 Å². The average molecular weight is 394 g/mol. The van der Waals surface area contributed by atoms with Gasteiger partial charge >= 0.3 is 0 Å². The molecule has 0 atom stereocenters. The molecule has 0 saturated heterocycles. The Hall–Kier alpha value is -2.82. The standard InChI is InChI=1S/C23H23N3O.ClH/c1-2-8-19(9-3-1)17-26-18-20(21-10-4-5-11-22(21)26)16-24-14-15-27-23-12-6-7-13-25-23;/h1-13,18,24H,14-17H2;1H. The third-order valence-corrected chi connectivity index (χ3v) is 4.55. The largest absolute Gasteiger partial charge is 0.476 e. The summed E-state index contributed by atoms with van der Waals surface area (Å²) in [4.78, 5) is 4.17. The lowest BCUT2D eigenvalue weighted by molar-refractivity contribution is 0.302. The lowest BCUT2D eigenvalue weighted by Gasteiger charge is -2.06. The minimum Gasteiger partial charge on any atom is -0.476 e. The predicted molar refractivity (Wildman–Crippen MR) is 116 cm³/mol. The highest BCUT2D eigenvalue weighted by molar-refractivity contribution is 5.85. The second-order valence-electron chi connectivity index (χ2n) is 6.48. The molecule has 0 aliphatic rings. The van der Waals surface area contributed by atoms with Gasteiger partial charge in [-0.15, -0.1) is 12.4 Å². The van der Waals surface area contributed by atoms with Crippen molar-refractivity contribution in [2.75, 3.05) is 13.2 Å². The lowest BCUT2D eigenvalue weighted by Crippen LogP contribution is -2.20. The zero-order valence-electron chi connectivity index (χ0n) is 15.6. The van der Waals surface area contributed by atoms with Crippen LogP contribution in [0.5, 0.6) is 5.88 Å². The fraction of sp³-hybridized carbons (Fsp3) is 0.174. The van der Waals surface area contributed by atoms with Crippen LogP contribution < -0.4 is 10.1 Å². The molecule has 0 aliphatic carbocycles. The minimum absolute atomic E-state index is 0. The van der Waals surface area contributed by atoms with Crippen molar-refractivity contribution in [3.63, 3.8) is 0 Å². The van der Waals surface area contributed by atoms with Crippen molar-refractivity contribution in [2.24, 2.45) is 0 Å². The summed E-state index contributed by atoms with van der Waals surface area (Å²) in [5, 5.41) is 4.77. The van der Waals surface area contributed by atoms with E-state index in [1.165, 1.54) is 22.0 Å². The molecule has 2 aromatic carbocycles. The van der Waals surface area contributed by atoms with Crippen LogP contribution in [0.25, 0.3) is 10.9 Å². The van der Waals surface area contributed by atoms with Crippen LogP contribution in [0, 0.1) is 0 Å². The second kappa shape index (κ2) is 9.93. The summed E-state index contributed by atoms with van der Waals surface area (Å²) in [5.74, 6) is 0.666. The Morgan fingerprint density at radius 2 is 1.68 bits per heavy atom. The van der Waals surface area contributed by atoms with Gasteiger partial charge in [-0.25, -0.2) is 4.98 Å². The zero-order chi connectivity index (χ0) is 18.3. The Morgan fingerprint density at radius 1 is 0.893 bits per heavy atom.